The fourth-order valence-electron chi connectivity index (χ4n) is 1.37. The van der Waals surface area contributed by atoms with Gasteiger partial charge in [-0.1, -0.05) is 6.92 Å². The van der Waals surface area contributed by atoms with Gasteiger partial charge in [-0.3, -0.25) is 4.79 Å². The smallest absolute Gasteiger partial charge is 0.307 e. The average Bonchev–Trinajstić information content (AvgIpc) is 2.32. The summed E-state index contributed by atoms with van der Waals surface area (Å²) in [6, 6.07) is 2.00. The number of hydrogen-bond donors (Lipinski definition) is 2. The van der Waals surface area contributed by atoms with Crippen molar-refractivity contribution in [2.45, 2.75) is 13.5 Å². The summed E-state index contributed by atoms with van der Waals surface area (Å²) in [5, 5.41) is 11.4. The van der Waals surface area contributed by atoms with E-state index in [0.717, 1.165) is 12.1 Å². The molecule has 0 saturated carbocycles. The van der Waals surface area contributed by atoms with Gasteiger partial charge in [0.15, 0.2) is 11.6 Å². The van der Waals surface area contributed by atoms with Crippen LogP contribution in [-0.4, -0.2) is 24.7 Å². The zero-order valence-corrected chi connectivity index (χ0v) is 10.2. The molecule has 0 spiro atoms. The van der Waals surface area contributed by atoms with Crippen LogP contribution in [0.4, 0.5) is 8.78 Å². The average molecular weight is 259 g/mol. The summed E-state index contributed by atoms with van der Waals surface area (Å²) in [6.45, 7) is 1.77. The van der Waals surface area contributed by atoms with Crippen LogP contribution in [0.3, 0.4) is 0 Å². The maximum absolute atomic E-state index is 13.5. The van der Waals surface area contributed by atoms with E-state index in [1.807, 2.05) is 0 Å². The summed E-state index contributed by atoms with van der Waals surface area (Å²) < 4.78 is 31.5. The van der Waals surface area contributed by atoms with Gasteiger partial charge in [-0.25, -0.2) is 8.78 Å². The van der Waals surface area contributed by atoms with E-state index in [2.05, 4.69) is 10.1 Å². The Bertz CT molecular complexity index is 438. The van der Waals surface area contributed by atoms with Crippen LogP contribution in [0.2, 0.25) is 0 Å². The topological polar surface area (TPSA) is 58.6 Å². The molecule has 0 heterocycles. The lowest BCUT2D eigenvalue weighted by Gasteiger charge is -2.10. The quantitative estimate of drug-likeness (QED) is 0.817. The molecule has 1 aromatic rings. The predicted molar refractivity (Wildman–Crippen MR) is 61.4 cm³/mol. The molecule has 1 unspecified atom stereocenters. The molecule has 0 fully saturated rings. The number of carboxylic acid groups (broad SMARTS) is 1. The first-order chi connectivity index (χ1) is 8.45. The molecule has 2 N–H and O–H groups in total. The summed E-state index contributed by atoms with van der Waals surface area (Å²) in [5.41, 5.74) is 0.130. The van der Waals surface area contributed by atoms with E-state index in [4.69, 9.17) is 5.11 Å². The zero-order chi connectivity index (χ0) is 13.7. The lowest BCUT2D eigenvalue weighted by molar-refractivity contribution is -0.140. The second kappa shape index (κ2) is 6.30. The molecule has 0 aliphatic rings. The summed E-state index contributed by atoms with van der Waals surface area (Å²) in [4.78, 5) is 10.6. The van der Waals surface area contributed by atoms with Crippen molar-refractivity contribution in [2.24, 2.45) is 5.92 Å². The lowest BCUT2D eigenvalue weighted by Crippen LogP contribution is -2.26. The molecule has 0 bridgehead atoms. The number of aliphatic carboxylic acids is 1. The van der Waals surface area contributed by atoms with Gasteiger partial charge in [0.05, 0.1) is 13.0 Å². The van der Waals surface area contributed by atoms with Crippen LogP contribution >= 0.6 is 0 Å². The van der Waals surface area contributed by atoms with Gasteiger partial charge in [-0.2, -0.15) is 0 Å². The Morgan fingerprint density at radius 2 is 2.11 bits per heavy atom. The second-order valence-corrected chi connectivity index (χ2v) is 3.95. The highest BCUT2D eigenvalue weighted by atomic mass is 19.1. The van der Waals surface area contributed by atoms with E-state index in [9.17, 15) is 13.6 Å². The van der Waals surface area contributed by atoms with Crippen LogP contribution < -0.4 is 10.1 Å². The third kappa shape index (κ3) is 3.66. The minimum Gasteiger partial charge on any atom is -0.494 e. The standard InChI is InChI=1S/C12H15F2NO3/c1-7(12(16)17)5-15-6-8-3-10(14)11(18-2)4-9(8)13/h3-4,7,15H,5-6H2,1-2H3,(H,16,17). The number of benzene rings is 1. The van der Waals surface area contributed by atoms with E-state index < -0.39 is 23.5 Å². The third-order valence-electron chi connectivity index (χ3n) is 2.51. The Labute approximate surface area is 104 Å². The van der Waals surface area contributed by atoms with Gasteiger partial charge in [0.1, 0.15) is 5.82 Å². The van der Waals surface area contributed by atoms with Crippen molar-refractivity contribution in [3.63, 3.8) is 0 Å². The summed E-state index contributed by atoms with van der Waals surface area (Å²) in [6.07, 6.45) is 0. The number of carbonyl (C=O) groups is 1. The van der Waals surface area contributed by atoms with E-state index in [1.54, 1.807) is 0 Å². The van der Waals surface area contributed by atoms with Crippen LogP contribution in [-0.2, 0) is 11.3 Å². The van der Waals surface area contributed by atoms with Crippen molar-refractivity contribution in [3.05, 3.63) is 29.3 Å². The number of ether oxygens (including phenoxy) is 1. The van der Waals surface area contributed by atoms with Crippen molar-refractivity contribution < 1.29 is 23.4 Å². The minimum absolute atomic E-state index is 0.0599. The molecular weight excluding hydrogens is 244 g/mol. The summed E-state index contributed by atoms with van der Waals surface area (Å²) in [7, 11) is 1.25. The molecule has 1 aromatic carbocycles. The van der Waals surface area contributed by atoms with Crippen molar-refractivity contribution in [1.82, 2.24) is 5.32 Å². The first kappa shape index (κ1) is 14.4. The molecule has 4 nitrogen and oxygen atoms in total. The number of carboxylic acids is 1. The fourth-order valence-corrected chi connectivity index (χ4v) is 1.37. The van der Waals surface area contributed by atoms with Crippen LogP contribution in [0.5, 0.6) is 5.75 Å². The normalized spacial score (nSPS) is 12.2. The zero-order valence-electron chi connectivity index (χ0n) is 10.2. The van der Waals surface area contributed by atoms with Crippen LogP contribution in [0.25, 0.3) is 0 Å². The second-order valence-electron chi connectivity index (χ2n) is 3.95. The Balaban J connectivity index is 2.63. The third-order valence-corrected chi connectivity index (χ3v) is 2.51. The van der Waals surface area contributed by atoms with E-state index in [-0.39, 0.29) is 24.4 Å². The van der Waals surface area contributed by atoms with E-state index in [0.29, 0.717) is 0 Å². The first-order valence-electron chi connectivity index (χ1n) is 5.41. The molecular formula is C12H15F2NO3. The Hall–Kier alpha value is -1.69. The summed E-state index contributed by atoms with van der Waals surface area (Å²) in [5.74, 6) is -2.93. The molecule has 100 valence electrons. The Kier molecular flexibility index (Phi) is 5.03. The molecule has 0 amide bonds. The SMILES string of the molecule is COc1cc(F)c(CNCC(C)C(=O)O)cc1F. The number of rotatable bonds is 6. The molecule has 0 aliphatic heterocycles. The van der Waals surface area contributed by atoms with Gasteiger partial charge in [0.25, 0.3) is 0 Å². The van der Waals surface area contributed by atoms with Crippen molar-refractivity contribution in [2.75, 3.05) is 13.7 Å². The van der Waals surface area contributed by atoms with Crippen molar-refractivity contribution >= 4 is 5.97 Å². The van der Waals surface area contributed by atoms with E-state index >= 15 is 0 Å². The highest BCUT2D eigenvalue weighted by Crippen LogP contribution is 2.21. The number of methoxy groups -OCH3 is 1. The highest BCUT2D eigenvalue weighted by Gasteiger charge is 2.12. The predicted octanol–water partition coefficient (Wildman–Crippen LogP) is 1.78. The van der Waals surface area contributed by atoms with Gasteiger partial charge < -0.3 is 15.2 Å². The van der Waals surface area contributed by atoms with Crippen molar-refractivity contribution in [3.8, 4) is 5.75 Å². The molecule has 18 heavy (non-hydrogen) atoms. The van der Waals surface area contributed by atoms with Gasteiger partial charge in [0.2, 0.25) is 0 Å². The van der Waals surface area contributed by atoms with E-state index in [1.165, 1.54) is 14.0 Å². The number of nitrogens with one attached hydrogen (secondary N) is 1. The van der Waals surface area contributed by atoms with Gasteiger partial charge in [-0.05, 0) is 6.07 Å². The van der Waals surface area contributed by atoms with Crippen LogP contribution in [0.1, 0.15) is 12.5 Å². The van der Waals surface area contributed by atoms with Gasteiger partial charge >= 0.3 is 5.97 Å². The largest absolute Gasteiger partial charge is 0.494 e. The Morgan fingerprint density at radius 1 is 1.44 bits per heavy atom. The molecule has 1 atom stereocenters. The number of hydrogen-bond acceptors (Lipinski definition) is 3. The molecule has 0 aromatic heterocycles. The van der Waals surface area contributed by atoms with Crippen LogP contribution in [0, 0.1) is 17.6 Å². The molecule has 6 heteroatoms. The maximum Gasteiger partial charge on any atom is 0.307 e. The molecule has 1 rings (SSSR count). The van der Waals surface area contributed by atoms with Crippen LogP contribution in [0.15, 0.2) is 12.1 Å². The Morgan fingerprint density at radius 3 is 2.67 bits per heavy atom. The molecule has 0 radical (unpaired) electrons. The van der Waals surface area contributed by atoms with Gasteiger partial charge in [0, 0.05) is 24.7 Å². The first-order valence-corrected chi connectivity index (χ1v) is 5.41. The fraction of sp³-hybridized carbons (Fsp3) is 0.417. The lowest BCUT2D eigenvalue weighted by atomic mass is 10.1. The van der Waals surface area contributed by atoms with Crippen molar-refractivity contribution in [1.29, 1.82) is 0 Å². The maximum atomic E-state index is 13.5. The highest BCUT2D eigenvalue weighted by molar-refractivity contribution is 5.69. The molecule has 0 saturated heterocycles. The summed E-state index contributed by atoms with van der Waals surface area (Å²) >= 11 is 0. The monoisotopic (exact) mass is 259 g/mol. The van der Waals surface area contributed by atoms with Gasteiger partial charge in [-0.15, -0.1) is 0 Å². The number of halogens is 2. The molecule has 0 aliphatic carbocycles. The minimum atomic E-state index is -0.941.